The fraction of sp³-hybridized carbons (Fsp3) is 0.652. The zero-order chi connectivity index (χ0) is 20.8. The molecule has 0 unspecified atom stereocenters. The summed E-state index contributed by atoms with van der Waals surface area (Å²) in [6.07, 6.45) is 10.2. The Morgan fingerprint density at radius 3 is 2.38 bits per heavy atom. The first-order chi connectivity index (χ1) is 13.9. The Morgan fingerprint density at radius 1 is 1.03 bits per heavy atom. The lowest BCUT2D eigenvalue weighted by atomic mass is 9.84. The minimum atomic E-state index is -0.0181. The highest BCUT2D eigenvalue weighted by atomic mass is 35.5. The third-order valence-corrected chi connectivity index (χ3v) is 6.66. The normalized spacial score (nSPS) is 22.7. The van der Waals surface area contributed by atoms with Crippen LogP contribution in [0.2, 0.25) is 5.02 Å². The molecule has 3 rings (SSSR count). The molecule has 0 atom stereocenters. The summed E-state index contributed by atoms with van der Waals surface area (Å²) in [5.74, 6) is 0.784. The second-order valence-corrected chi connectivity index (χ2v) is 9.25. The van der Waals surface area contributed by atoms with Crippen molar-refractivity contribution in [2.24, 2.45) is 11.8 Å². The second kappa shape index (κ2) is 10.3. The predicted molar refractivity (Wildman–Crippen MR) is 119 cm³/mol. The van der Waals surface area contributed by atoms with Gasteiger partial charge in [0.05, 0.1) is 16.4 Å². The maximum absolute atomic E-state index is 12.8. The molecule has 0 aliphatic heterocycles. The molecule has 29 heavy (non-hydrogen) atoms. The third kappa shape index (κ3) is 6.11. The number of benzene rings is 1. The molecule has 0 spiro atoms. The summed E-state index contributed by atoms with van der Waals surface area (Å²) in [4.78, 5) is 27.1. The summed E-state index contributed by atoms with van der Waals surface area (Å²) in [6, 6.07) is 5.77. The molecule has 0 heterocycles. The Hall–Kier alpha value is -1.75. The van der Waals surface area contributed by atoms with Crippen LogP contribution in [0.1, 0.15) is 64.2 Å². The van der Waals surface area contributed by atoms with Crippen LogP contribution in [-0.2, 0) is 9.59 Å². The summed E-state index contributed by atoms with van der Waals surface area (Å²) < 4.78 is 0. The number of carbonyl (C=O) groups is 2. The molecule has 2 amide bonds. The number of anilines is 2. The van der Waals surface area contributed by atoms with Gasteiger partial charge in [0.25, 0.3) is 0 Å². The van der Waals surface area contributed by atoms with Gasteiger partial charge in [0.15, 0.2) is 0 Å². The Balaban J connectivity index is 1.46. The maximum atomic E-state index is 12.8. The molecule has 0 aromatic heterocycles. The van der Waals surface area contributed by atoms with Crippen molar-refractivity contribution in [1.82, 2.24) is 5.32 Å². The number of hydrogen-bond donors (Lipinski definition) is 2. The number of para-hydroxylation sites is 1. The van der Waals surface area contributed by atoms with Crippen molar-refractivity contribution in [3.05, 3.63) is 23.2 Å². The molecule has 1 aromatic rings. The van der Waals surface area contributed by atoms with E-state index in [9.17, 15) is 9.59 Å². The SMILES string of the molecule is CN(C)c1c(Cl)cccc1NC(=O)C1CCC(NC(=O)CC2CCCCC2)CC1. The van der Waals surface area contributed by atoms with Crippen molar-refractivity contribution in [2.45, 2.75) is 70.3 Å². The van der Waals surface area contributed by atoms with Crippen molar-refractivity contribution in [1.29, 1.82) is 0 Å². The van der Waals surface area contributed by atoms with Crippen molar-refractivity contribution in [3.8, 4) is 0 Å². The van der Waals surface area contributed by atoms with Gasteiger partial charge in [0.2, 0.25) is 11.8 Å². The average molecular weight is 420 g/mol. The first kappa shape index (κ1) is 21.9. The molecule has 2 saturated carbocycles. The zero-order valence-electron chi connectivity index (χ0n) is 17.7. The standard InChI is InChI=1S/C23H34ClN3O2/c1-27(2)22-19(24)9-6-10-20(22)26-23(29)17-11-13-18(14-12-17)25-21(28)15-16-7-4-3-5-8-16/h6,9-10,16-18H,3-5,7-8,11-15H2,1-2H3,(H,25,28)(H,26,29). The van der Waals surface area contributed by atoms with Crippen LogP contribution in [0.25, 0.3) is 0 Å². The van der Waals surface area contributed by atoms with E-state index in [1.807, 2.05) is 37.2 Å². The van der Waals surface area contributed by atoms with Gasteiger partial charge < -0.3 is 15.5 Å². The van der Waals surface area contributed by atoms with E-state index < -0.39 is 0 Å². The quantitative estimate of drug-likeness (QED) is 0.682. The molecule has 0 radical (unpaired) electrons. The Labute approximate surface area is 179 Å². The van der Waals surface area contributed by atoms with Crippen LogP contribution >= 0.6 is 11.6 Å². The lowest BCUT2D eigenvalue weighted by Crippen LogP contribution is -2.40. The first-order valence-electron chi connectivity index (χ1n) is 11.0. The van der Waals surface area contributed by atoms with E-state index in [1.54, 1.807) is 0 Å². The second-order valence-electron chi connectivity index (χ2n) is 8.84. The summed E-state index contributed by atoms with van der Waals surface area (Å²) in [5, 5.41) is 6.89. The Morgan fingerprint density at radius 2 is 1.72 bits per heavy atom. The first-order valence-corrected chi connectivity index (χ1v) is 11.4. The van der Waals surface area contributed by atoms with Gasteiger partial charge in [-0.25, -0.2) is 0 Å². The number of nitrogens with one attached hydrogen (secondary N) is 2. The van der Waals surface area contributed by atoms with Crippen LogP contribution < -0.4 is 15.5 Å². The van der Waals surface area contributed by atoms with E-state index >= 15 is 0 Å². The van der Waals surface area contributed by atoms with Crippen LogP contribution in [0.5, 0.6) is 0 Å². The largest absolute Gasteiger partial charge is 0.375 e. The van der Waals surface area contributed by atoms with E-state index in [1.165, 1.54) is 32.1 Å². The third-order valence-electron chi connectivity index (χ3n) is 6.35. The fourth-order valence-corrected chi connectivity index (χ4v) is 5.09. The molecule has 0 bridgehead atoms. The van der Waals surface area contributed by atoms with E-state index in [2.05, 4.69) is 10.6 Å². The fourth-order valence-electron chi connectivity index (χ4n) is 4.75. The minimum Gasteiger partial charge on any atom is -0.375 e. The van der Waals surface area contributed by atoms with Gasteiger partial charge in [0, 0.05) is 32.5 Å². The average Bonchev–Trinajstić information content (AvgIpc) is 2.69. The number of hydrogen-bond acceptors (Lipinski definition) is 3. The van der Waals surface area contributed by atoms with Gasteiger partial charge >= 0.3 is 0 Å². The summed E-state index contributed by atoms with van der Waals surface area (Å²) in [7, 11) is 3.83. The molecule has 2 N–H and O–H groups in total. The molecule has 0 saturated heterocycles. The highest BCUT2D eigenvalue weighted by Crippen LogP contribution is 2.34. The van der Waals surface area contributed by atoms with E-state index in [0.29, 0.717) is 17.4 Å². The van der Waals surface area contributed by atoms with E-state index in [-0.39, 0.29) is 23.8 Å². The van der Waals surface area contributed by atoms with Crippen molar-refractivity contribution >= 4 is 34.8 Å². The van der Waals surface area contributed by atoms with Gasteiger partial charge in [-0.1, -0.05) is 36.9 Å². The summed E-state index contributed by atoms with van der Waals surface area (Å²) in [5.41, 5.74) is 1.57. The van der Waals surface area contributed by atoms with Crippen molar-refractivity contribution < 1.29 is 9.59 Å². The summed E-state index contributed by atoms with van der Waals surface area (Å²) in [6.45, 7) is 0. The monoisotopic (exact) mass is 419 g/mol. The maximum Gasteiger partial charge on any atom is 0.227 e. The molecule has 160 valence electrons. The van der Waals surface area contributed by atoms with Gasteiger partial charge in [-0.2, -0.15) is 0 Å². The van der Waals surface area contributed by atoms with Crippen LogP contribution in [-0.4, -0.2) is 32.0 Å². The Kier molecular flexibility index (Phi) is 7.82. The zero-order valence-corrected chi connectivity index (χ0v) is 18.4. The lowest BCUT2D eigenvalue weighted by molar-refractivity contribution is -0.123. The predicted octanol–water partition coefficient (Wildman–Crippen LogP) is 4.99. The number of amides is 2. The minimum absolute atomic E-state index is 0.0181. The van der Waals surface area contributed by atoms with Gasteiger partial charge in [-0.3, -0.25) is 9.59 Å². The lowest BCUT2D eigenvalue weighted by Gasteiger charge is -2.30. The Bertz CT molecular complexity index is 708. The molecule has 6 heteroatoms. The van der Waals surface area contributed by atoms with Crippen molar-refractivity contribution in [2.75, 3.05) is 24.3 Å². The smallest absolute Gasteiger partial charge is 0.227 e. The molecule has 2 fully saturated rings. The highest BCUT2D eigenvalue weighted by molar-refractivity contribution is 6.34. The highest BCUT2D eigenvalue weighted by Gasteiger charge is 2.28. The molecular weight excluding hydrogens is 386 g/mol. The van der Waals surface area contributed by atoms with E-state index in [0.717, 1.165) is 37.1 Å². The number of halogens is 1. The van der Waals surface area contributed by atoms with Crippen LogP contribution in [0.15, 0.2) is 18.2 Å². The molecule has 2 aliphatic rings. The van der Waals surface area contributed by atoms with Gasteiger partial charge in [-0.15, -0.1) is 0 Å². The van der Waals surface area contributed by atoms with Crippen LogP contribution in [0.3, 0.4) is 0 Å². The molecule has 2 aliphatic carbocycles. The summed E-state index contributed by atoms with van der Waals surface area (Å²) >= 11 is 6.30. The molecular formula is C23H34ClN3O2. The molecule has 1 aromatic carbocycles. The van der Waals surface area contributed by atoms with Crippen LogP contribution in [0, 0.1) is 11.8 Å². The molecule has 5 nitrogen and oxygen atoms in total. The number of carbonyl (C=O) groups excluding carboxylic acids is 2. The number of nitrogens with zero attached hydrogens (tertiary/aromatic N) is 1. The van der Waals surface area contributed by atoms with Crippen molar-refractivity contribution in [3.63, 3.8) is 0 Å². The van der Waals surface area contributed by atoms with Gasteiger partial charge in [0.1, 0.15) is 0 Å². The van der Waals surface area contributed by atoms with Gasteiger partial charge in [-0.05, 0) is 56.6 Å². The van der Waals surface area contributed by atoms with E-state index in [4.69, 9.17) is 11.6 Å². The number of rotatable bonds is 6. The topological polar surface area (TPSA) is 61.4 Å². The van der Waals surface area contributed by atoms with Crippen LogP contribution in [0.4, 0.5) is 11.4 Å².